The molecular formula is C19H27NO. The van der Waals surface area contributed by atoms with Crippen molar-refractivity contribution in [2.45, 2.75) is 51.0 Å². The highest BCUT2D eigenvalue weighted by Gasteiger charge is 2.39. The number of aryl methyl sites for hydroxylation is 1. The average Bonchev–Trinajstić information content (AvgIpc) is 3.15. The second-order valence-corrected chi connectivity index (χ2v) is 7.42. The van der Waals surface area contributed by atoms with E-state index in [4.69, 9.17) is 4.74 Å². The van der Waals surface area contributed by atoms with Gasteiger partial charge in [-0.1, -0.05) is 12.5 Å². The maximum absolute atomic E-state index is 5.37. The normalized spacial score (nSPS) is 34.0. The third-order valence-corrected chi connectivity index (χ3v) is 6.20. The summed E-state index contributed by atoms with van der Waals surface area (Å²) in [5.41, 5.74) is 3.01. The van der Waals surface area contributed by atoms with Gasteiger partial charge in [-0.2, -0.15) is 0 Å². The molecule has 2 bridgehead atoms. The van der Waals surface area contributed by atoms with E-state index in [2.05, 4.69) is 23.5 Å². The van der Waals surface area contributed by atoms with E-state index in [9.17, 15) is 0 Å². The minimum absolute atomic E-state index is 0.670. The first-order chi connectivity index (χ1) is 10.3. The SMILES string of the molecule is COc1ccc2c(c1)CC(NCC1CC3CCC1C3)CC2. The number of hydrogen-bond acceptors (Lipinski definition) is 2. The summed E-state index contributed by atoms with van der Waals surface area (Å²) in [5.74, 6) is 4.08. The van der Waals surface area contributed by atoms with Crippen LogP contribution in [0.25, 0.3) is 0 Å². The molecule has 0 radical (unpaired) electrons. The highest BCUT2D eigenvalue weighted by atomic mass is 16.5. The fourth-order valence-corrected chi connectivity index (χ4v) is 4.98. The molecule has 1 N–H and O–H groups in total. The summed E-state index contributed by atoms with van der Waals surface area (Å²) in [6.45, 7) is 1.26. The monoisotopic (exact) mass is 285 g/mol. The van der Waals surface area contributed by atoms with Crippen LogP contribution in [0.2, 0.25) is 0 Å². The number of methoxy groups -OCH3 is 1. The number of benzene rings is 1. The summed E-state index contributed by atoms with van der Waals surface area (Å²) in [7, 11) is 1.76. The van der Waals surface area contributed by atoms with Gasteiger partial charge in [-0.05, 0) is 86.1 Å². The molecule has 4 unspecified atom stereocenters. The predicted octanol–water partition coefficient (Wildman–Crippen LogP) is 3.58. The van der Waals surface area contributed by atoms with E-state index in [1.807, 2.05) is 0 Å². The quantitative estimate of drug-likeness (QED) is 0.913. The fraction of sp³-hybridized carbons (Fsp3) is 0.684. The van der Waals surface area contributed by atoms with Gasteiger partial charge in [0.05, 0.1) is 7.11 Å². The van der Waals surface area contributed by atoms with Gasteiger partial charge in [0.25, 0.3) is 0 Å². The van der Waals surface area contributed by atoms with E-state index in [1.165, 1.54) is 62.6 Å². The molecule has 1 aromatic rings. The number of fused-ring (bicyclic) bond motifs is 3. The Hall–Kier alpha value is -1.02. The lowest BCUT2D eigenvalue weighted by molar-refractivity contribution is 0.299. The van der Waals surface area contributed by atoms with Crippen molar-refractivity contribution >= 4 is 0 Å². The van der Waals surface area contributed by atoms with E-state index in [-0.39, 0.29) is 0 Å². The van der Waals surface area contributed by atoms with Gasteiger partial charge in [0.2, 0.25) is 0 Å². The maximum atomic E-state index is 5.37. The molecule has 3 aliphatic carbocycles. The lowest BCUT2D eigenvalue weighted by Gasteiger charge is -2.29. The lowest BCUT2D eigenvalue weighted by Crippen LogP contribution is -2.38. The third-order valence-electron chi connectivity index (χ3n) is 6.20. The Morgan fingerprint density at radius 3 is 2.86 bits per heavy atom. The molecule has 2 nitrogen and oxygen atoms in total. The van der Waals surface area contributed by atoms with Gasteiger partial charge in [-0.15, -0.1) is 0 Å². The Labute approximate surface area is 128 Å². The van der Waals surface area contributed by atoms with Crippen LogP contribution < -0.4 is 10.1 Å². The third kappa shape index (κ3) is 2.70. The van der Waals surface area contributed by atoms with Gasteiger partial charge in [0, 0.05) is 6.04 Å². The van der Waals surface area contributed by atoms with Gasteiger partial charge >= 0.3 is 0 Å². The minimum Gasteiger partial charge on any atom is -0.497 e. The summed E-state index contributed by atoms with van der Waals surface area (Å²) in [6.07, 6.45) is 9.71. The second-order valence-electron chi connectivity index (χ2n) is 7.42. The van der Waals surface area contributed by atoms with E-state index >= 15 is 0 Å². The predicted molar refractivity (Wildman–Crippen MR) is 85.7 cm³/mol. The van der Waals surface area contributed by atoms with Crippen LogP contribution >= 0.6 is 0 Å². The Morgan fingerprint density at radius 1 is 1.14 bits per heavy atom. The molecule has 0 saturated heterocycles. The number of ether oxygens (including phenoxy) is 1. The summed E-state index contributed by atoms with van der Waals surface area (Å²) < 4.78 is 5.37. The molecule has 4 atom stereocenters. The van der Waals surface area contributed by atoms with E-state index in [0.29, 0.717) is 6.04 Å². The van der Waals surface area contributed by atoms with E-state index < -0.39 is 0 Å². The van der Waals surface area contributed by atoms with Crippen molar-refractivity contribution in [1.82, 2.24) is 5.32 Å². The molecule has 3 aliphatic rings. The molecule has 2 fully saturated rings. The number of nitrogens with one attached hydrogen (secondary N) is 1. The molecule has 4 rings (SSSR count). The zero-order chi connectivity index (χ0) is 14.2. The molecule has 0 amide bonds. The Kier molecular flexibility index (Phi) is 3.66. The molecule has 114 valence electrons. The summed E-state index contributed by atoms with van der Waals surface area (Å²) >= 11 is 0. The Balaban J connectivity index is 1.35. The average molecular weight is 285 g/mol. The van der Waals surface area contributed by atoms with Crippen LogP contribution in [0.5, 0.6) is 5.75 Å². The van der Waals surface area contributed by atoms with Crippen LogP contribution in [-0.4, -0.2) is 19.7 Å². The molecule has 2 saturated carbocycles. The van der Waals surface area contributed by atoms with Crippen LogP contribution in [0.4, 0.5) is 0 Å². The summed E-state index contributed by atoms with van der Waals surface area (Å²) in [5, 5.41) is 3.89. The smallest absolute Gasteiger partial charge is 0.119 e. The first-order valence-corrected chi connectivity index (χ1v) is 8.71. The first kappa shape index (κ1) is 13.6. The summed E-state index contributed by atoms with van der Waals surface area (Å²) in [4.78, 5) is 0. The molecule has 21 heavy (non-hydrogen) atoms. The van der Waals surface area contributed by atoms with Crippen LogP contribution in [0.15, 0.2) is 18.2 Å². The molecular weight excluding hydrogens is 258 g/mol. The zero-order valence-corrected chi connectivity index (χ0v) is 13.1. The van der Waals surface area contributed by atoms with Gasteiger partial charge < -0.3 is 10.1 Å². The molecule has 0 spiro atoms. The number of rotatable bonds is 4. The van der Waals surface area contributed by atoms with Crippen LogP contribution in [-0.2, 0) is 12.8 Å². The van der Waals surface area contributed by atoms with Gasteiger partial charge in [0.1, 0.15) is 5.75 Å². The van der Waals surface area contributed by atoms with Crippen molar-refractivity contribution in [3.05, 3.63) is 29.3 Å². The Bertz CT molecular complexity index is 512. The van der Waals surface area contributed by atoms with Crippen molar-refractivity contribution in [3.63, 3.8) is 0 Å². The van der Waals surface area contributed by atoms with Crippen molar-refractivity contribution in [2.24, 2.45) is 17.8 Å². The Morgan fingerprint density at radius 2 is 2.10 bits per heavy atom. The molecule has 2 heteroatoms. The maximum Gasteiger partial charge on any atom is 0.119 e. The molecule has 0 aromatic heterocycles. The summed E-state index contributed by atoms with van der Waals surface area (Å²) in [6, 6.07) is 7.26. The van der Waals surface area contributed by atoms with Crippen molar-refractivity contribution < 1.29 is 4.74 Å². The van der Waals surface area contributed by atoms with E-state index in [1.54, 1.807) is 7.11 Å². The topological polar surface area (TPSA) is 21.3 Å². The van der Waals surface area contributed by atoms with Crippen molar-refractivity contribution in [3.8, 4) is 5.75 Å². The van der Waals surface area contributed by atoms with Crippen LogP contribution in [0.3, 0.4) is 0 Å². The van der Waals surface area contributed by atoms with E-state index in [0.717, 1.165) is 23.5 Å². The second kappa shape index (κ2) is 5.64. The van der Waals surface area contributed by atoms with Gasteiger partial charge in [-0.25, -0.2) is 0 Å². The highest BCUT2D eigenvalue weighted by molar-refractivity contribution is 5.37. The first-order valence-electron chi connectivity index (χ1n) is 8.71. The lowest BCUT2D eigenvalue weighted by atomic mass is 9.86. The van der Waals surface area contributed by atoms with Gasteiger partial charge in [0.15, 0.2) is 0 Å². The minimum atomic E-state index is 0.670. The van der Waals surface area contributed by atoms with Crippen LogP contribution in [0, 0.1) is 17.8 Å². The molecule has 0 aliphatic heterocycles. The number of hydrogen-bond donors (Lipinski definition) is 1. The van der Waals surface area contributed by atoms with Crippen LogP contribution in [0.1, 0.15) is 43.2 Å². The molecule has 0 heterocycles. The molecule has 1 aromatic carbocycles. The van der Waals surface area contributed by atoms with Gasteiger partial charge in [-0.3, -0.25) is 0 Å². The van der Waals surface area contributed by atoms with Crippen molar-refractivity contribution in [2.75, 3.05) is 13.7 Å². The largest absolute Gasteiger partial charge is 0.497 e. The standard InChI is InChI=1S/C19H27NO/c1-21-19-7-5-14-4-6-18(10-16(14)11-19)20-12-17-9-13-2-3-15(17)8-13/h5,7,11,13,15,17-18,20H,2-4,6,8-10,12H2,1H3. The zero-order valence-electron chi connectivity index (χ0n) is 13.1. The highest BCUT2D eigenvalue weighted by Crippen LogP contribution is 2.48. The van der Waals surface area contributed by atoms with Crippen molar-refractivity contribution in [1.29, 1.82) is 0 Å². The fourth-order valence-electron chi connectivity index (χ4n) is 4.98.